The Hall–Kier alpha value is -1.15. The van der Waals surface area contributed by atoms with Crippen molar-refractivity contribution in [2.24, 2.45) is 23.5 Å². The summed E-state index contributed by atoms with van der Waals surface area (Å²) in [5.41, 5.74) is 5.94. The maximum absolute atomic E-state index is 12.6. The SMILES string of the molecule is COC(=O)[C@H]1C(C[C@H](/C=C/C(C)C)OC2OC(C)C(O)C(N)C2O)O[C@](O)(CC(O)C(C)C)C[C@@H]1O. The van der Waals surface area contributed by atoms with Crippen LogP contribution in [0.4, 0.5) is 0 Å². The van der Waals surface area contributed by atoms with Crippen molar-refractivity contribution in [2.45, 2.75) is 115 Å². The fourth-order valence-corrected chi connectivity index (χ4v) is 4.55. The fraction of sp³-hybridized carbons (Fsp3) is 0.880. The molecule has 7 N–H and O–H groups in total. The minimum atomic E-state index is -1.88. The molecule has 0 aromatic rings. The number of aliphatic hydroxyl groups excluding tert-OH is 4. The maximum Gasteiger partial charge on any atom is 0.313 e. The van der Waals surface area contributed by atoms with E-state index in [1.165, 1.54) is 7.11 Å². The Morgan fingerprint density at radius 3 is 2.36 bits per heavy atom. The van der Waals surface area contributed by atoms with Crippen LogP contribution in [0.5, 0.6) is 0 Å². The molecule has 0 saturated carbocycles. The lowest BCUT2D eigenvalue weighted by Crippen LogP contribution is -2.61. The summed E-state index contributed by atoms with van der Waals surface area (Å²) in [5.74, 6) is -3.73. The molecule has 7 unspecified atom stereocenters. The summed E-state index contributed by atoms with van der Waals surface area (Å²) in [5, 5.41) is 53.0. The number of methoxy groups -OCH3 is 1. The van der Waals surface area contributed by atoms with Crippen LogP contribution >= 0.6 is 0 Å². The summed E-state index contributed by atoms with van der Waals surface area (Å²) in [7, 11) is 1.20. The number of allylic oxidation sites excluding steroid dienone is 1. The number of aliphatic hydroxyl groups is 5. The van der Waals surface area contributed by atoms with E-state index >= 15 is 0 Å². The lowest BCUT2D eigenvalue weighted by molar-refractivity contribution is -0.309. The van der Waals surface area contributed by atoms with E-state index in [1.807, 2.05) is 19.9 Å². The highest BCUT2D eigenvalue weighted by molar-refractivity contribution is 5.74. The predicted molar refractivity (Wildman–Crippen MR) is 129 cm³/mol. The quantitative estimate of drug-likeness (QED) is 0.166. The molecule has 0 bridgehead atoms. The van der Waals surface area contributed by atoms with Crippen molar-refractivity contribution in [3.8, 4) is 0 Å². The molecule has 0 aliphatic carbocycles. The molecule has 210 valence electrons. The number of carbonyl (C=O) groups is 1. The van der Waals surface area contributed by atoms with Gasteiger partial charge in [0.2, 0.25) is 0 Å². The van der Waals surface area contributed by atoms with E-state index in [2.05, 4.69) is 0 Å². The summed E-state index contributed by atoms with van der Waals surface area (Å²) < 4.78 is 22.5. The van der Waals surface area contributed by atoms with Crippen LogP contribution in [0.1, 0.15) is 53.9 Å². The van der Waals surface area contributed by atoms with E-state index in [4.69, 9.17) is 24.7 Å². The van der Waals surface area contributed by atoms with Gasteiger partial charge in [0.1, 0.15) is 12.0 Å². The monoisotopic (exact) mass is 519 g/mol. The van der Waals surface area contributed by atoms with Crippen molar-refractivity contribution < 1.29 is 49.3 Å². The maximum atomic E-state index is 12.6. The molecular weight excluding hydrogens is 474 g/mol. The molecule has 2 aliphatic heterocycles. The van der Waals surface area contributed by atoms with Gasteiger partial charge in [-0.1, -0.05) is 39.8 Å². The third kappa shape index (κ3) is 7.92. The first kappa shape index (κ1) is 31.1. The molecule has 0 radical (unpaired) electrons. The van der Waals surface area contributed by atoms with Crippen LogP contribution in [0.15, 0.2) is 12.2 Å². The van der Waals surface area contributed by atoms with Gasteiger partial charge in [0.15, 0.2) is 12.1 Å². The van der Waals surface area contributed by atoms with Crippen LogP contribution in [-0.4, -0.2) is 99.5 Å². The van der Waals surface area contributed by atoms with Crippen LogP contribution in [0.2, 0.25) is 0 Å². The van der Waals surface area contributed by atoms with Crippen LogP contribution in [-0.2, 0) is 23.7 Å². The van der Waals surface area contributed by atoms with E-state index in [0.29, 0.717) is 0 Å². The van der Waals surface area contributed by atoms with Crippen molar-refractivity contribution in [3.63, 3.8) is 0 Å². The number of nitrogens with two attached hydrogens (primary N) is 1. The minimum absolute atomic E-state index is 0.0150. The lowest BCUT2D eigenvalue weighted by Gasteiger charge is -2.45. The van der Waals surface area contributed by atoms with Crippen LogP contribution in [0, 0.1) is 17.8 Å². The second-order valence-corrected chi connectivity index (χ2v) is 10.7. The number of ether oxygens (including phenoxy) is 4. The second-order valence-electron chi connectivity index (χ2n) is 10.7. The van der Waals surface area contributed by atoms with Gasteiger partial charge in [-0.3, -0.25) is 4.79 Å². The number of esters is 1. The molecule has 0 amide bonds. The summed E-state index contributed by atoms with van der Waals surface area (Å²) in [6, 6.07) is -0.994. The van der Waals surface area contributed by atoms with Crippen molar-refractivity contribution in [1.82, 2.24) is 0 Å². The normalized spacial score (nSPS) is 39.5. The molecule has 11 atom stereocenters. The Kier molecular flexibility index (Phi) is 11.3. The van der Waals surface area contributed by atoms with E-state index in [-0.39, 0.29) is 31.1 Å². The average Bonchev–Trinajstić information content (AvgIpc) is 2.78. The Morgan fingerprint density at radius 2 is 1.81 bits per heavy atom. The Labute approximate surface area is 213 Å². The highest BCUT2D eigenvalue weighted by atomic mass is 16.7. The van der Waals surface area contributed by atoms with E-state index in [9.17, 15) is 30.3 Å². The topological polar surface area (TPSA) is 181 Å². The molecule has 2 fully saturated rings. The van der Waals surface area contributed by atoms with Gasteiger partial charge in [0.05, 0.1) is 49.8 Å². The van der Waals surface area contributed by atoms with E-state index in [1.54, 1.807) is 26.8 Å². The van der Waals surface area contributed by atoms with Gasteiger partial charge in [0, 0.05) is 19.3 Å². The zero-order valence-electron chi connectivity index (χ0n) is 22.1. The van der Waals surface area contributed by atoms with Crippen molar-refractivity contribution in [1.29, 1.82) is 0 Å². The summed E-state index contributed by atoms with van der Waals surface area (Å²) >= 11 is 0. The van der Waals surface area contributed by atoms with Crippen molar-refractivity contribution >= 4 is 5.97 Å². The Bertz CT molecular complexity index is 734. The highest BCUT2D eigenvalue weighted by Gasteiger charge is 2.51. The molecule has 36 heavy (non-hydrogen) atoms. The molecule has 2 aliphatic rings. The molecule has 2 heterocycles. The van der Waals surface area contributed by atoms with Gasteiger partial charge < -0.3 is 50.2 Å². The largest absolute Gasteiger partial charge is 0.469 e. The standard InChI is InChI=1S/C25H45NO10/c1-12(2)7-8-15(35-24-22(30)20(26)21(29)14(5)34-24)9-18-19(23(31)33-6)17(28)11-25(32,36-18)10-16(27)13(3)4/h7-8,12-22,24,27-30,32H,9-11,26H2,1-6H3/b8-7+/t14?,15-,16?,17-,18?,19+,20?,21?,22?,24?,25+/m0/s1. The lowest BCUT2D eigenvalue weighted by atomic mass is 9.82. The van der Waals surface area contributed by atoms with Gasteiger partial charge >= 0.3 is 5.97 Å². The van der Waals surface area contributed by atoms with Crippen LogP contribution in [0.3, 0.4) is 0 Å². The van der Waals surface area contributed by atoms with Gasteiger partial charge in [-0.25, -0.2) is 0 Å². The zero-order valence-corrected chi connectivity index (χ0v) is 22.1. The van der Waals surface area contributed by atoms with Crippen LogP contribution in [0.25, 0.3) is 0 Å². The minimum Gasteiger partial charge on any atom is -0.469 e. The highest BCUT2D eigenvalue weighted by Crippen LogP contribution is 2.38. The van der Waals surface area contributed by atoms with Gasteiger partial charge in [-0.2, -0.15) is 0 Å². The second kappa shape index (κ2) is 13.1. The average molecular weight is 520 g/mol. The van der Waals surface area contributed by atoms with E-state index < -0.39 is 72.7 Å². The zero-order chi connectivity index (χ0) is 27.4. The van der Waals surface area contributed by atoms with Gasteiger partial charge in [-0.15, -0.1) is 0 Å². The first-order chi connectivity index (χ1) is 16.7. The number of hydrogen-bond acceptors (Lipinski definition) is 11. The first-order valence-corrected chi connectivity index (χ1v) is 12.6. The van der Waals surface area contributed by atoms with Crippen LogP contribution < -0.4 is 5.73 Å². The molecule has 0 spiro atoms. The number of carbonyl (C=O) groups excluding carboxylic acids is 1. The molecule has 0 aromatic heterocycles. The fourth-order valence-electron chi connectivity index (χ4n) is 4.55. The molecule has 2 rings (SSSR count). The van der Waals surface area contributed by atoms with Crippen molar-refractivity contribution in [2.75, 3.05) is 7.11 Å². The third-order valence-electron chi connectivity index (χ3n) is 6.87. The van der Waals surface area contributed by atoms with E-state index in [0.717, 1.165) is 0 Å². The summed E-state index contributed by atoms with van der Waals surface area (Å²) in [6.07, 6.45) is -5.17. The van der Waals surface area contributed by atoms with Gasteiger partial charge in [-0.05, 0) is 18.8 Å². The smallest absolute Gasteiger partial charge is 0.313 e. The first-order valence-electron chi connectivity index (χ1n) is 12.6. The Morgan fingerprint density at radius 1 is 1.17 bits per heavy atom. The molecular formula is C25H45NO10. The third-order valence-corrected chi connectivity index (χ3v) is 6.87. The molecule has 2 saturated heterocycles. The molecule has 11 nitrogen and oxygen atoms in total. The number of hydrogen-bond donors (Lipinski definition) is 6. The van der Waals surface area contributed by atoms with Crippen molar-refractivity contribution in [3.05, 3.63) is 12.2 Å². The molecule has 0 aromatic carbocycles. The molecule has 11 heteroatoms. The summed E-state index contributed by atoms with van der Waals surface area (Å²) in [6.45, 7) is 9.11. The summed E-state index contributed by atoms with van der Waals surface area (Å²) in [4.78, 5) is 12.6. The predicted octanol–water partition coefficient (Wildman–Crippen LogP) is -0.198. The number of rotatable bonds is 10. The van der Waals surface area contributed by atoms with Gasteiger partial charge in [0.25, 0.3) is 0 Å². The Balaban J connectivity index is 2.32.